The van der Waals surface area contributed by atoms with Gasteiger partial charge in [0.2, 0.25) is 0 Å². The van der Waals surface area contributed by atoms with Crippen molar-refractivity contribution in [1.29, 1.82) is 0 Å². The Balaban J connectivity index is 0. The first kappa shape index (κ1) is 29.2. The van der Waals surface area contributed by atoms with Crippen LogP contribution in [0.25, 0.3) is 0 Å². The quantitative estimate of drug-likeness (QED) is 0.260. The van der Waals surface area contributed by atoms with Crippen molar-refractivity contribution in [1.82, 2.24) is 0 Å². The summed E-state index contributed by atoms with van der Waals surface area (Å²) < 4.78 is 0. The third-order valence-electron chi connectivity index (χ3n) is 5.87. The molecule has 0 unspecified atom stereocenters. The van der Waals surface area contributed by atoms with Gasteiger partial charge in [0.05, 0.1) is 0 Å². The van der Waals surface area contributed by atoms with E-state index in [4.69, 9.17) is 0 Å². The maximum absolute atomic E-state index is 3.78. The first-order chi connectivity index (χ1) is 13.2. The lowest BCUT2D eigenvalue weighted by Crippen LogP contribution is -2.07. The number of hydrogen-bond donors (Lipinski definition) is 0. The highest BCUT2D eigenvalue weighted by atomic mass is 14.2. The molecule has 28 heavy (non-hydrogen) atoms. The molecule has 0 heteroatoms. The molecule has 0 bridgehead atoms. The first-order valence-electron chi connectivity index (χ1n) is 11.8. The van der Waals surface area contributed by atoms with Gasteiger partial charge in [0, 0.05) is 0 Å². The van der Waals surface area contributed by atoms with Crippen LogP contribution in [-0.2, 0) is 0 Å². The molecule has 0 aromatic rings. The number of hydrogen-bond acceptors (Lipinski definition) is 0. The molecule has 0 nitrogen and oxygen atoms in total. The Hall–Kier alpha value is -1.04. The summed E-state index contributed by atoms with van der Waals surface area (Å²) in [5.41, 5.74) is 2.62. The minimum absolute atomic E-state index is 0.801. The summed E-state index contributed by atoms with van der Waals surface area (Å²) in [5, 5.41) is 0. The van der Waals surface area contributed by atoms with Crippen LogP contribution in [0, 0.1) is 23.7 Å². The fourth-order valence-electron chi connectivity index (χ4n) is 3.22. The smallest absolute Gasteiger partial charge is 0.0314 e. The van der Waals surface area contributed by atoms with E-state index in [0.29, 0.717) is 0 Å². The number of rotatable bonds is 14. The number of allylic oxidation sites excluding steroid dienone is 6. The van der Waals surface area contributed by atoms with Gasteiger partial charge in [-0.05, 0) is 63.2 Å². The van der Waals surface area contributed by atoms with E-state index in [-0.39, 0.29) is 0 Å². The molecule has 0 heterocycles. The van der Waals surface area contributed by atoms with Gasteiger partial charge in [-0.2, -0.15) is 0 Å². The van der Waals surface area contributed by atoms with Crippen LogP contribution in [0.2, 0.25) is 0 Å². The Morgan fingerprint density at radius 1 is 0.679 bits per heavy atom. The van der Waals surface area contributed by atoms with Crippen molar-refractivity contribution in [2.24, 2.45) is 23.7 Å². The van der Waals surface area contributed by atoms with Crippen molar-refractivity contribution in [2.45, 2.75) is 107 Å². The van der Waals surface area contributed by atoms with Crippen molar-refractivity contribution in [3.05, 3.63) is 48.6 Å². The fourth-order valence-corrected chi connectivity index (χ4v) is 3.22. The average Bonchev–Trinajstić information content (AvgIpc) is 2.67. The van der Waals surface area contributed by atoms with Crippen LogP contribution in [0.1, 0.15) is 107 Å². The van der Waals surface area contributed by atoms with Crippen molar-refractivity contribution < 1.29 is 0 Å². The molecule has 0 spiro atoms. The van der Waals surface area contributed by atoms with E-state index in [9.17, 15) is 0 Å². The van der Waals surface area contributed by atoms with Crippen LogP contribution in [0.3, 0.4) is 0 Å². The molecule has 0 amide bonds. The second kappa shape index (κ2) is 19.3. The van der Waals surface area contributed by atoms with Gasteiger partial charge >= 0.3 is 0 Å². The van der Waals surface area contributed by atoms with Crippen LogP contribution in [-0.4, -0.2) is 0 Å². The number of unbranched alkanes of at least 4 members (excludes halogenated alkanes) is 2. The highest BCUT2D eigenvalue weighted by Crippen LogP contribution is 2.23. The molecule has 2 atom stereocenters. The summed E-state index contributed by atoms with van der Waals surface area (Å²) in [6.07, 6.45) is 19.1. The normalized spacial score (nSPS) is 14.5. The second-order valence-corrected chi connectivity index (χ2v) is 9.07. The zero-order valence-corrected chi connectivity index (χ0v) is 20.7. The highest BCUT2D eigenvalue weighted by molar-refractivity contribution is 5.13. The van der Waals surface area contributed by atoms with E-state index in [1.165, 1.54) is 62.5 Å². The lowest BCUT2D eigenvalue weighted by molar-refractivity contribution is 0.352. The Kier molecular flexibility index (Phi) is 20.1. The maximum Gasteiger partial charge on any atom is -0.0314 e. The molecule has 0 saturated carbocycles. The molecule has 164 valence electrons. The molecule has 0 fully saturated rings. The molecule has 0 saturated heterocycles. The van der Waals surface area contributed by atoms with Gasteiger partial charge in [0.15, 0.2) is 0 Å². The largest absolute Gasteiger partial charge is 0.0988 e. The second-order valence-electron chi connectivity index (χ2n) is 9.07. The van der Waals surface area contributed by atoms with Crippen LogP contribution in [0.15, 0.2) is 48.6 Å². The third-order valence-corrected chi connectivity index (χ3v) is 5.87. The molecule has 0 aliphatic rings. The van der Waals surface area contributed by atoms with Crippen LogP contribution < -0.4 is 0 Å². The predicted molar refractivity (Wildman–Crippen MR) is 133 cm³/mol. The summed E-state index contributed by atoms with van der Waals surface area (Å²) in [5.74, 6) is 3.31. The van der Waals surface area contributed by atoms with E-state index in [0.717, 1.165) is 23.7 Å². The standard InChI is InChI=1S/2C14H26/c2*1-6-8-9-14(12(3)4)11-10-13(5)7-2/h2*7,10,12,14H,2,6,8-9,11H2,1,3-5H3/b13-10+;13-10-/t2*14-/m11/s1. The Morgan fingerprint density at radius 3 is 1.21 bits per heavy atom. The van der Waals surface area contributed by atoms with Crippen LogP contribution in [0.5, 0.6) is 0 Å². The van der Waals surface area contributed by atoms with Crippen molar-refractivity contribution in [2.75, 3.05) is 0 Å². The van der Waals surface area contributed by atoms with E-state index >= 15 is 0 Å². The summed E-state index contributed by atoms with van der Waals surface area (Å²) in [6, 6.07) is 0. The van der Waals surface area contributed by atoms with Gasteiger partial charge in [-0.1, -0.05) is 116 Å². The summed E-state index contributed by atoms with van der Waals surface area (Å²) in [4.78, 5) is 0. The van der Waals surface area contributed by atoms with Crippen LogP contribution in [0.4, 0.5) is 0 Å². The molecule has 0 N–H and O–H groups in total. The Bertz CT molecular complexity index is 391. The highest BCUT2D eigenvalue weighted by Gasteiger charge is 2.11. The molecular formula is C28H52. The van der Waals surface area contributed by atoms with Crippen molar-refractivity contribution in [3.8, 4) is 0 Å². The third kappa shape index (κ3) is 17.1. The topological polar surface area (TPSA) is 0 Å². The fraction of sp³-hybridized carbons (Fsp3) is 0.714. The monoisotopic (exact) mass is 388 g/mol. The predicted octanol–water partition coefficient (Wildman–Crippen LogP) is 9.94. The van der Waals surface area contributed by atoms with E-state index in [1.807, 2.05) is 12.2 Å². The Morgan fingerprint density at radius 2 is 1.00 bits per heavy atom. The van der Waals surface area contributed by atoms with Gasteiger partial charge in [-0.3, -0.25) is 0 Å². The van der Waals surface area contributed by atoms with E-state index in [1.54, 1.807) is 0 Å². The van der Waals surface area contributed by atoms with E-state index < -0.39 is 0 Å². The molecule has 0 aliphatic heterocycles. The first-order valence-corrected chi connectivity index (χ1v) is 11.8. The SMILES string of the molecule is C=C/C(C)=C/C[C@@H](CCCC)C(C)C.C=C/C(C)=C\C[C@@H](CCCC)C(C)C. The van der Waals surface area contributed by atoms with Gasteiger partial charge in [-0.15, -0.1) is 0 Å². The Labute approximate surface area is 179 Å². The van der Waals surface area contributed by atoms with Gasteiger partial charge in [-0.25, -0.2) is 0 Å². The lowest BCUT2D eigenvalue weighted by atomic mass is 9.87. The van der Waals surface area contributed by atoms with Gasteiger partial charge in [0.25, 0.3) is 0 Å². The molecule has 0 aromatic carbocycles. The summed E-state index contributed by atoms with van der Waals surface area (Å²) in [7, 11) is 0. The molecule has 0 rings (SSSR count). The molecule has 0 aliphatic carbocycles. The summed E-state index contributed by atoms with van der Waals surface area (Å²) in [6.45, 7) is 25.7. The molecular weight excluding hydrogens is 336 g/mol. The minimum Gasteiger partial charge on any atom is -0.0988 e. The lowest BCUT2D eigenvalue weighted by Gasteiger charge is -2.19. The zero-order valence-electron chi connectivity index (χ0n) is 20.7. The van der Waals surface area contributed by atoms with Gasteiger partial charge in [0.1, 0.15) is 0 Å². The van der Waals surface area contributed by atoms with Gasteiger partial charge < -0.3 is 0 Å². The van der Waals surface area contributed by atoms with Crippen LogP contribution >= 0.6 is 0 Å². The summed E-state index contributed by atoms with van der Waals surface area (Å²) >= 11 is 0. The van der Waals surface area contributed by atoms with Crippen molar-refractivity contribution in [3.63, 3.8) is 0 Å². The molecule has 0 aromatic heterocycles. The molecule has 0 radical (unpaired) electrons. The zero-order chi connectivity index (χ0) is 21.9. The average molecular weight is 389 g/mol. The maximum atomic E-state index is 3.78. The van der Waals surface area contributed by atoms with Crippen molar-refractivity contribution >= 4 is 0 Å². The van der Waals surface area contributed by atoms with E-state index in [2.05, 4.69) is 80.7 Å². The minimum atomic E-state index is 0.801.